The van der Waals surface area contributed by atoms with Crippen LogP contribution in [0.4, 0.5) is 0 Å². The number of fused-ring (bicyclic) bond motifs is 1. The standard InChI is InChI=1S/C19H27N5/c1-6-24-15-10-8-7-9-14(15)21-18(24)13(12-20)16-11-17(19(2,3)4)22-23(16)5/h7-11,13H,6,12,20H2,1-5H3. The molecule has 0 saturated carbocycles. The van der Waals surface area contributed by atoms with Gasteiger partial charge < -0.3 is 10.3 Å². The van der Waals surface area contributed by atoms with Crippen LogP contribution in [0.2, 0.25) is 0 Å². The van der Waals surface area contributed by atoms with Crippen molar-refractivity contribution in [3.05, 3.63) is 47.5 Å². The predicted octanol–water partition coefficient (Wildman–Crippen LogP) is 3.18. The lowest BCUT2D eigenvalue weighted by Crippen LogP contribution is -2.21. The number of benzene rings is 1. The molecule has 3 rings (SSSR count). The number of para-hydroxylation sites is 2. The second kappa shape index (κ2) is 6.06. The van der Waals surface area contributed by atoms with Crippen molar-refractivity contribution in [1.82, 2.24) is 19.3 Å². The van der Waals surface area contributed by atoms with Crippen molar-refractivity contribution in [3.8, 4) is 0 Å². The van der Waals surface area contributed by atoms with Gasteiger partial charge in [0.25, 0.3) is 0 Å². The molecule has 0 bridgehead atoms. The highest BCUT2D eigenvalue weighted by molar-refractivity contribution is 5.76. The number of hydrogen-bond donors (Lipinski definition) is 1. The molecule has 5 nitrogen and oxygen atoms in total. The minimum Gasteiger partial charge on any atom is -0.329 e. The molecule has 0 aliphatic heterocycles. The average Bonchev–Trinajstić information content (AvgIpc) is 3.09. The van der Waals surface area contributed by atoms with Gasteiger partial charge in [-0.05, 0) is 25.1 Å². The van der Waals surface area contributed by atoms with Crippen molar-refractivity contribution >= 4 is 11.0 Å². The normalized spacial score (nSPS) is 13.6. The van der Waals surface area contributed by atoms with Crippen LogP contribution in [-0.4, -0.2) is 25.9 Å². The third-order valence-electron chi connectivity index (χ3n) is 4.59. The predicted molar refractivity (Wildman–Crippen MR) is 98.2 cm³/mol. The van der Waals surface area contributed by atoms with Gasteiger partial charge in [0.2, 0.25) is 0 Å². The van der Waals surface area contributed by atoms with Crippen LogP contribution < -0.4 is 5.73 Å². The van der Waals surface area contributed by atoms with Crippen molar-refractivity contribution in [2.75, 3.05) is 6.54 Å². The van der Waals surface area contributed by atoms with E-state index in [1.807, 2.05) is 17.8 Å². The second-order valence-corrected chi connectivity index (χ2v) is 7.32. The summed E-state index contributed by atoms with van der Waals surface area (Å²) in [7, 11) is 1.99. The Balaban J connectivity index is 2.15. The molecule has 2 aromatic heterocycles. The van der Waals surface area contributed by atoms with Gasteiger partial charge in [0, 0.05) is 25.6 Å². The van der Waals surface area contributed by atoms with Gasteiger partial charge in [0.05, 0.1) is 28.3 Å². The summed E-state index contributed by atoms with van der Waals surface area (Å²) in [4.78, 5) is 4.89. The van der Waals surface area contributed by atoms with E-state index in [0.29, 0.717) is 6.54 Å². The van der Waals surface area contributed by atoms with E-state index in [-0.39, 0.29) is 11.3 Å². The average molecular weight is 325 g/mol. The Hall–Kier alpha value is -2.14. The highest BCUT2D eigenvalue weighted by Gasteiger charge is 2.26. The van der Waals surface area contributed by atoms with Crippen LogP contribution >= 0.6 is 0 Å². The molecule has 1 unspecified atom stereocenters. The number of rotatable bonds is 4. The summed E-state index contributed by atoms with van der Waals surface area (Å²) in [6, 6.07) is 10.4. The van der Waals surface area contributed by atoms with Gasteiger partial charge in [-0.15, -0.1) is 0 Å². The summed E-state index contributed by atoms with van der Waals surface area (Å²) in [6.45, 7) is 10.1. The molecule has 1 aromatic carbocycles. The Morgan fingerprint density at radius 2 is 1.92 bits per heavy atom. The summed E-state index contributed by atoms with van der Waals surface area (Å²) in [5.41, 5.74) is 10.6. The zero-order chi connectivity index (χ0) is 17.5. The van der Waals surface area contributed by atoms with Crippen molar-refractivity contribution in [1.29, 1.82) is 0 Å². The van der Waals surface area contributed by atoms with E-state index in [4.69, 9.17) is 15.8 Å². The summed E-state index contributed by atoms with van der Waals surface area (Å²) in [6.07, 6.45) is 0. The van der Waals surface area contributed by atoms with Crippen LogP contribution in [0, 0.1) is 0 Å². The molecule has 24 heavy (non-hydrogen) atoms. The minimum absolute atomic E-state index is 0.0139. The van der Waals surface area contributed by atoms with Gasteiger partial charge in [-0.25, -0.2) is 4.98 Å². The first-order chi connectivity index (χ1) is 11.4. The second-order valence-electron chi connectivity index (χ2n) is 7.32. The lowest BCUT2D eigenvalue weighted by atomic mass is 9.91. The molecule has 0 amide bonds. The molecule has 5 heteroatoms. The van der Waals surface area contributed by atoms with E-state index < -0.39 is 0 Å². The molecular weight excluding hydrogens is 298 g/mol. The Kier molecular flexibility index (Phi) is 4.22. The summed E-state index contributed by atoms with van der Waals surface area (Å²) in [5.74, 6) is 1.05. The molecule has 0 radical (unpaired) electrons. The van der Waals surface area contributed by atoms with Gasteiger partial charge in [-0.2, -0.15) is 5.10 Å². The molecule has 2 heterocycles. The molecule has 0 saturated heterocycles. The number of aryl methyl sites for hydroxylation is 2. The smallest absolute Gasteiger partial charge is 0.120 e. The molecule has 0 aliphatic carbocycles. The van der Waals surface area contributed by atoms with Crippen LogP contribution in [0.1, 0.15) is 50.8 Å². The van der Waals surface area contributed by atoms with E-state index in [1.54, 1.807) is 0 Å². The molecule has 0 spiro atoms. The molecule has 0 aliphatic rings. The molecule has 3 aromatic rings. The number of hydrogen-bond acceptors (Lipinski definition) is 3. The first kappa shape index (κ1) is 16.7. The molecule has 0 fully saturated rings. The van der Waals surface area contributed by atoms with Crippen LogP contribution in [0.15, 0.2) is 30.3 Å². The number of nitrogens with two attached hydrogens (primary N) is 1. The fourth-order valence-corrected chi connectivity index (χ4v) is 3.23. The molecule has 2 N–H and O–H groups in total. The van der Waals surface area contributed by atoms with E-state index in [2.05, 4.69) is 56.5 Å². The summed E-state index contributed by atoms with van der Waals surface area (Å²) >= 11 is 0. The number of aromatic nitrogens is 4. The fraction of sp³-hybridized carbons (Fsp3) is 0.474. The van der Waals surface area contributed by atoms with Gasteiger partial charge in [0.15, 0.2) is 0 Å². The fourth-order valence-electron chi connectivity index (χ4n) is 3.23. The van der Waals surface area contributed by atoms with Crippen molar-refractivity contribution < 1.29 is 0 Å². The first-order valence-corrected chi connectivity index (χ1v) is 8.56. The van der Waals surface area contributed by atoms with Crippen LogP contribution in [0.5, 0.6) is 0 Å². The highest BCUT2D eigenvalue weighted by Crippen LogP contribution is 2.30. The highest BCUT2D eigenvalue weighted by atomic mass is 15.3. The molecule has 128 valence electrons. The lowest BCUT2D eigenvalue weighted by Gasteiger charge is -2.16. The number of imidazole rings is 1. The lowest BCUT2D eigenvalue weighted by molar-refractivity contribution is 0.547. The zero-order valence-corrected chi connectivity index (χ0v) is 15.2. The maximum Gasteiger partial charge on any atom is 0.120 e. The largest absolute Gasteiger partial charge is 0.329 e. The number of nitrogens with zero attached hydrogens (tertiary/aromatic N) is 4. The maximum atomic E-state index is 6.18. The third-order valence-corrected chi connectivity index (χ3v) is 4.59. The quantitative estimate of drug-likeness (QED) is 0.801. The van der Waals surface area contributed by atoms with E-state index >= 15 is 0 Å². The Labute approximate surface area is 143 Å². The van der Waals surface area contributed by atoms with E-state index in [1.165, 1.54) is 0 Å². The van der Waals surface area contributed by atoms with Crippen molar-refractivity contribution in [2.24, 2.45) is 12.8 Å². The van der Waals surface area contributed by atoms with Crippen LogP contribution in [0.3, 0.4) is 0 Å². The van der Waals surface area contributed by atoms with E-state index in [0.717, 1.165) is 34.8 Å². The monoisotopic (exact) mass is 325 g/mol. The topological polar surface area (TPSA) is 61.7 Å². The first-order valence-electron chi connectivity index (χ1n) is 8.56. The van der Waals surface area contributed by atoms with Gasteiger partial charge in [0.1, 0.15) is 5.82 Å². The van der Waals surface area contributed by atoms with Gasteiger partial charge in [-0.1, -0.05) is 32.9 Å². The van der Waals surface area contributed by atoms with Crippen LogP contribution in [-0.2, 0) is 19.0 Å². The maximum absolute atomic E-state index is 6.18. The Morgan fingerprint density at radius 3 is 2.50 bits per heavy atom. The van der Waals surface area contributed by atoms with Crippen LogP contribution in [0.25, 0.3) is 11.0 Å². The molecule has 1 atom stereocenters. The van der Waals surface area contributed by atoms with Gasteiger partial charge in [-0.3, -0.25) is 4.68 Å². The summed E-state index contributed by atoms with van der Waals surface area (Å²) < 4.78 is 4.22. The third kappa shape index (κ3) is 2.73. The Bertz CT molecular complexity index is 850. The SMILES string of the molecule is CCn1c(C(CN)c2cc(C(C)(C)C)nn2C)nc2ccccc21. The summed E-state index contributed by atoms with van der Waals surface area (Å²) in [5, 5.41) is 4.71. The van der Waals surface area contributed by atoms with Gasteiger partial charge >= 0.3 is 0 Å². The molecular formula is C19H27N5. The van der Waals surface area contributed by atoms with E-state index in [9.17, 15) is 0 Å². The Morgan fingerprint density at radius 1 is 1.21 bits per heavy atom. The minimum atomic E-state index is 0.0139. The zero-order valence-electron chi connectivity index (χ0n) is 15.2. The van der Waals surface area contributed by atoms with Crippen molar-refractivity contribution in [2.45, 2.75) is 45.6 Å². The van der Waals surface area contributed by atoms with Crippen molar-refractivity contribution in [3.63, 3.8) is 0 Å².